The number of hydrogen-bond donors (Lipinski definition) is 1. The van der Waals surface area contributed by atoms with Gasteiger partial charge in [0.15, 0.2) is 0 Å². The number of rotatable bonds is 2. The third-order valence-electron chi connectivity index (χ3n) is 1.33. The Morgan fingerprint density at radius 3 is 2.92 bits per heavy atom. The van der Waals surface area contributed by atoms with E-state index >= 15 is 0 Å². The molecule has 0 fully saturated rings. The number of nitrogens with zero attached hydrogens (tertiary/aromatic N) is 1. The summed E-state index contributed by atoms with van der Waals surface area (Å²) >= 11 is 5.52. The van der Waals surface area contributed by atoms with Gasteiger partial charge in [-0.2, -0.15) is 0 Å². The van der Waals surface area contributed by atoms with Gasteiger partial charge in [0.25, 0.3) is 0 Å². The van der Waals surface area contributed by atoms with Crippen molar-refractivity contribution in [1.82, 2.24) is 4.98 Å². The van der Waals surface area contributed by atoms with Crippen LogP contribution in [0.1, 0.15) is 15.9 Å². The van der Waals surface area contributed by atoms with E-state index in [0.717, 1.165) is 0 Å². The van der Waals surface area contributed by atoms with Gasteiger partial charge in [-0.1, -0.05) is 24.3 Å². The topological polar surface area (TPSA) is 50.2 Å². The molecule has 12 heavy (non-hydrogen) atoms. The van der Waals surface area contributed by atoms with E-state index in [-0.39, 0.29) is 10.7 Å². The standard InChI is InChI=1S/C8H6ClNO2/c1-2-5-3-6(8(11)12)7(9)10-4-5/h2-4H,1H2,(H,11,12). The predicted octanol–water partition coefficient (Wildman–Crippen LogP) is 2.08. The van der Waals surface area contributed by atoms with Gasteiger partial charge in [0.2, 0.25) is 0 Å². The Labute approximate surface area is 74.3 Å². The molecule has 1 rings (SSSR count). The maximum atomic E-state index is 10.5. The summed E-state index contributed by atoms with van der Waals surface area (Å²) in [5.74, 6) is -1.09. The van der Waals surface area contributed by atoms with Gasteiger partial charge in [-0.25, -0.2) is 9.78 Å². The molecule has 3 nitrogen and oxygen atoms in total. The lowest BCUT2D eigenvalue weighted by molar-refractivity contribution is 0.0696. The molecule has 1 aromatic heterocycles. The van der Waals surface area contributed by atoms with Crippen LogP contribution >= 0.6 is 11.6 Å². The molecule has 1 heterocycles. The van der Waals surface area contributed by atoms with Crippen LogP contribution in [0.2, 0.25) is 5.15 Å². The first-order chi connectivity index (χ1) is 5.65. The third kappa shape index (κ3) is 1.62. The number of aromatic nitrogens is 1. The number of carboxylic acid groups (broad SMARTS) is 1. The van der Waals surface area contributed by atoms with Gasteiger partial charge in [0.05, 0.1) is 5.56 Å². The van der Waals surface area contributed by atoms with Gasteiger partial charge in [0, 0.05) is 6.20 Å². The summed E-state index contributed by atoms with van der Waals surface area (Å²) in [5, 5.41) is 8.62. The molecule has 0 amide bonds. The minimum absolute atomic E-state index is 0.00549. The first kappa shape index (κ1) is 8.74. The van der Waals surface area contributed by atoms with E-state index in [4.69, 9.17) is 16.7 Å². The molecule has 0 aliphatic carbocycles. The summed E-state index contributed by atoms with van der Waals surface area (Å²) in [4.78, 5) is 14.2. The highest BCUT2D eigenvalue weighted by Crippen LogP contribution is 2.14. The van der Waals surface area contributed by atoms with Crippen LogP contribution in [0.5, 0.6) is 0 Å². The number of carbonyl (C=O) groups is 1. The van der Waals surface area contributed by atoms with Crippen molar-refractivity contribution in [1.29, 1.82) is 0 Å². The molecule has 0 aromatic carbocycles. The van der Waals surface area contributed by atoms with E-state index in [1.54, 1.807) is 0 Å². The van der Waals surface area contributed by atoms with Crippen molar-refractivity contribution in [3.63, 3.8) is 0 Å². The average Bonchev–Trinajstić information content (AvgIpc) is 2.05. The summed E-state index contributed by atoms with van der Waals surface area (Å²) in [6.07, 6.45) is 2.97. The maximum Gasteiger partial charge on any atom is 0.338 e. The van der Waals surface area contributed by atoms with Crippen molar-refractivity contribution in [2.75, 3.05) is 0 Å². The van der Waals surface area contributed by atoms with Crippen LogP contribution in [0.3, 0.4) is 0 Å². The van der Waals surface area contributed by atoms with Crippen LogP contribution in [0.15, 0.2) is 18.8 Å². The molecule has 1 N–H and O–H groups in total. The van der Waals surface area contributed by atoms with Crippen molar-refractivity contribution in [2.24, 2.45) is 0 Å². The third-order valence-corrected chi connectivity index (χ3v) is 1.63. The van der Waals surface area contributed by atoms with Gasteiger partial charge >= 0.3 is 5.97 Å². The molecule has 0 radical (unpaired) electrons. The average molecular weight is 184 g/mol. The Morgan fingerprint density at radius 2 is 2.42 bits per heavy atom. The Morgan fingerprint density at radius 1 is 1.75 bits per heavy atom. The highest BCUT2D eigenvalue weighted by Gasteiger charge is 2.09. The van der Waals surface area contributed by atoms with E-state index < -0.39 is 5.97 Å². The fourth-order valence-corrected chi connectivity index (χ4v) is 0.910. The number of aromatic carboxylic acids is 1. The molecular formula is C8H6ClNO2. The molecule has 0 saturated heterocycles. The molecule has 4 heteroatoms. The zero-order chi connectivity index (χ0) is 9.14. The Hall–Kier alpha value is -1.35. The second-order valence-corrected chi connectivity index (χ2v) is 2.47. The van der Waals surface area contributed by atoms with Crippen molar-refractivity contribution in [3.8, 4) is 0 Å². The zero-order valence-electron chi connectivity index (χ0n) is 6.12. The maximum absolute atomic E-state index is 10.5. The second-order valence-electron chi connectivity index (χ2n) is 2.12. The molecular weight excluding hydrogens is 178 g/mol. The van der Waals surface area contributed by atoms with Gasteiger partial charge in [-0.3, -0.25) is 0 Å². The lowest BCUT2D eigenvalue weighted by Crippen LogP contribution is -1.99. The van der Waals surface area contributed by atoms with Gasteiger partial charge in [0.1, 0.15) is 5.15 Å². The normalized spacial score (nSPS) is 9.42. The first-order valence-electron chi connectivity index (χ1n) is 3.16. The van der Waals surface area contributed by atoms with Crippen molar-refractivity contribution >= 4 is 23.6 Å². The Kier molecular flexibility index (Phi) is 2.45. The smallest absolute Gasteiger partial charge is 0.338 e. The monoisotopic (exact) mass is 183 g/mol. The van der Waals surface area contributed by atoms with E-state index in [2.05, 4.69) is 11.6 Å². The van der Waals surface area contributed by atoms with Crippen LogP contribution < -0.4 is 0 Å². The van der Waals surface area contributed by atoms with Gasteiger partial charge < -0.3 is 5.11 Å². The van der Waals surface area contributed by atoms with Gasteiger partial charge in [-0.15, -0.1) is 0 Å². The van der Waals surface area contributed by atoms with E-state index in [1.165, 1.54) is 18.3 Å². The van der Waals surface area contributed by atoms with Crippen LogP contribution in [0, 0.1) is 0 Å². The fraction of sp³-hybridized carbons (Fsp3) is 0. The quantitative estimate of drug-likeness (QED) is 0.715. The molecule has 0 atom stereocenters. The van der Waals surface area contributed by atoms with Crippen LogP contribution in [0.25, 0.3) is 6.08 Å². The molecule has 1 aromatic rings. The first-order valence-corrected chi connectivity index (χ1v) is 3.54. The van der Waals surface area contributed by atoms with E-state index in [1.807, 2.05) is 0 Å². The molecule has 62 valence electrons. The van der Waals surface area contributed by atoms with E-state index in [9.17, 15) is 4.79 Å². The minimum atomic E-state index is -1.09. The SMILES string of the molecule is C=Cc1cnc(Cl)c(C(=O)O)c1. The Balaban J connectivity index is 3.25. The van der Waals surface area contributed by atoms with Crippen molar-refractivity contribution in [2.45, 2.75) is 0 Å². The highest BCUT2D eigenvalue weighted by atomic mass is 35.5. The summed E-state index contributed by atoms with van der Waals surface area (Å²) < 4.78 is 0. The van der Waals surface area contributed by atoms with Crippen LogP contribution in [-0.2, 0) is 0 Å². The summed E-state index contributed by atoms with van der Waals surface area (Å²) in [6, 6.07) is 1.42. The number of halogens is 1. The molecule has 0 bridgehead atoms. The minimum Gasteiger partial charge on any atom is -0.478 e. The van der Waals surface area contributed by atoms with E-state index in [0.29, 0.717) is 5.56 Å². The highest BCUT2D eigenvalue weighted by molar-refractivity contribution is 6.32. The zero-order valence-corrected chi connectivity index (χ0v) is 6.88. The summed E-state index contributed by atoms with van der Waals surface area (Å²) in [6.45, 7) is 3.49. The summed E-state index contributed by atoms with van der Waals surface area (Å²) in [7, 11) is 0. The number of pyridine rings is 1. The fourth-order valence-electron chi connectivity index (χ4n) is 0.726. The second kappa shape index (κ2) is 3.36. The molecule has 0 unspecified atom stereocenters. The lowest BCUT2D eigenvalue weighted by atomic mass is 10.2. The lowest BCUT2D eigenvalue weighted by Gasteiger charge is -1.98. The molecule has 0 aliphatic heterocycles. The predicted molar refractivity (Wildman–Crippen MR) is 46.3 cm³/mol. The summed E-state index contributed by atoms with van der Waals surface area (Å²) in [5.41, 5.74) is 0.630. The van der Waals surface area contributed by atoms with Crippen LogP contribution in [-0.4, -0.2) is 16.1 Å². The largest absolute Gasteiger partial charge is 0.478 e. The number of hydrogen-bond acceptors (Lipinski definition) is 2. The van der Waals surface area contributed by atoms with Crippen LogP contribution in [0.4, 0.5) is 0 Å². The number of carboxylic acids is 1. The van der Waals surface area contributed by atoms with Crippen molar-refractivity contribution < 1.29 is 9.90 Å². The van der Waals surface area contributed by atoms with Crippen molar-refractivity contribution in [3.05, 3.63) is 35.1 Å². The molecule has 0 spiro atoms. The van der Waals surface area contributed by atoms with Gasteiger partial charge in [-0.05, 0) is 11.6 Å². The molecule has 0 aliphatic rings. The molecule has 0 saturated carbocycles. The Bertz CT molecular complexity index is 336.